The lowest BCUT2D eigenvalue weighted by atomic mass is 10.2. The molecule has 0 aliphatic carbocycles. The Hall–Kier alpha value is -2.72. The monoisotopic (exact) mass is 351 g/mol. The third kappa shape index (κ3) is 4.90. The Kier molecular flexibility index (Phi) is 5.60. The van der Waals surface area contributed by atoms with Gasteiger partial charge < -0.3 is 9.29 Å². The van der Waals surface area contributed by atoms with E-state index in [0.29, 0.717) is 11.4 Å². The van der Waals surface area contributed by atoms with Gasteiger partial charge >= 0.3 is 11.2 Å². The molecule has 0 N–H and O–H groups in total. The highest BCUT2D eigenvalue weighted by atomic mass is 32.2. The molecule has 0 aliphatic rings. The Morgan fingerprint density at radius 3 is 2.22 bits per heavy atom. The van der Waals surface area contributed by atoms with Gasteiger partial charge in [0.05, 0.1) is 25.2 Å². The van der Waals surface area contributed by atoms with Gasteiger partial charge in [-0.15, -0.1) is 0 Å². The summed E-state index contributed by atoms with van der Waals surface area (Å²) >= 11 is 0. The zero-order chi connectivity index (χ0) is 17.7. The highest BCUT2D eigenvalue weighted by Crippen LogP contribution is 2.29. The molecular weight excluding hydrogens is 343 g/mol. The summed E-state index contributed by atoms with van der Waals surface area (Å²) in [6, 6.07) is 5.05. The highest BCUT2D eigenvalue weighted by Gasteiger charge is 2.36. The SMILES string of the molecule is COc1cc(-n2nccn2)ccc1[N+]#N.O=S(=O)([O-])C(F)(F)F. The number of diazo groups is 1. The van der Waals surface area contributed by atoms with Crippen molar-refractivity contribution < 1.29 is 30.9 Å². The van der Waals surface area contributed by atoms with Gasteiger partial charge in [0.1, 0.15) is 0 Å². The largest absolute Gasteiger partial charge is 0.741 e. The van der Waals surface area contributed by atoms with E-state index in [2.05, 4.69) is 15.2 Å². The van der Waals surface area contributed by atoms with E-state index in [-0.39, 0.29) is 0 Å². The van der Waals surface area contributed by atoms with Crippen LogP contribution in [0.2, 0.25) is 0 Å². The van der Waals surface area contributed by atoms with E-state index in [9.17, 15) is 13.2 Å². The molecule has 23 heavy (non-hydrogen) atoms. The second-order valence-electron chi connectivity index (χ2n) is 3.67. The van der Waals surface area contributed by atoms with Crippen molar-refractivity contribution in [1.29, 1.82) is 5.39 Å². The number of aromatic nitrogens is 3. The third-order valence-corrected chi connectivity index (χ3v) is 2.77. The minimum absolute atomic E-state index is 0.369. The van der Waals surface area contributed by atoms with Crippen LogP contribution >= 0.6 is 0 Å². The zero-order valence-corrected chi connectivity index (χ0v) is 12.1. The van der Waals surface area contributed by atoms with E-state index in [1.54, 1.807) is 30.6 Å². The van der Waals surface area contributed by atoms with Gasteiger partial charge in [-0.2, -0.15) is 28.2 Å². The van der Waals surface area contributed by atoms with E-state index in [0.717, 1.165) is 5.69 Å². The molecule has 2 rings (SSSR count). The lowest BCUT2D eigenvalue weighted by Crippen LogP contribution is -2.21. The van der Waals surface area contributed by atoms with Crippen LogP contribution in [0.15, 0.2) is 30.6 Å². The van der Waals surface area contributed by atoms with Gasteiger partial charge in [-0.25, -0.2) is 8.42 Å². The minimum Gasteiger partial charge on any atom is -0.741 e. The van der Waals surface area contributed by atoms with Crippen molar-refractivity contribution in [2.45, 2.75) is 5.51 Å². The molecule has 2 aromatic rings. The van der Waals surface area contributed by atoms with Crippen LogP contribution in [0, 0.1) is 5.39 Å². The summed E-state index contributed by atoms with van der Waals surface area (Å²) < 4.78 is 64.0. The Morgan fingerprint density at radius 1 is 1.30 bits per heavy atom. The number of hydrogen-bond acceptors (Lipinski definition) is 7. The molecule has 0 unspecified atom stereocenters. The minimum atomic E-state index is -6.09. The van der Waals surface area contributed by atoms with Crippen molar-refractivity contribution >= 4 is 15.8 Å². The summed E-state index contributed by atoms with van der Waals surface area (Å²) in [6.07, 6.45) is 3.16. The summed E-state index contributed by atoms with van der Waals surface area (Å²) in [7, 11) is -4.59. The maximum Gasteiger partial charge on any atom is 0.485 e. The molecular formula is C10H8F3N5O4S. The van der Waals surface area contributed by atoms with Gasteiger partial charge in [0.25, 0.3) is 0 Å². The Bertz CT molecular complexity index is 799. The van der Waals surface area contributed by atoms with E-state index in [1.807, 2.05) is 0 Å². The van der Waals surface area contributed by atoms with Gasteiger partial charge in [0.15, 0.2) is 15.1 Å². The van der Waals surface area contributed by atoms with E-state index in [1.165, 1.54) is 11.9 Å². The number of benzene rings is 1. The molecule has 0 aliphatic heterocycles. The fourth-order valence-electron chi connectivity index (χ4n) is 1.22. The maximum absolute atomic E-state index is 10.7. The number of alkyl halides is 3. The number of rotatable bonds is 2. The molecule has 0 saturated heterocycles. The van der Waals surface area contributed by atoms with Crippen LogP contribution in [0.3, 0.4) is 0 Å². The fraction of sp³-hybridized carbons (Fsp3) is 0.200. The fourth-order valence-corrected chi connectivity index (χ4v) is 1.22. The Labute approximate surface area is 127 Å². The second kappa shape index (κ2) is 7.03. The van der Waals surface area contributed by atoms with Crippen molar-refractivity contribution in [3.63, 3.8) is 0 Å². The van der Waals surface area contributed by atoms with Crippen LogP contribution in [-0.2, 0) is 10.1 Å². The molecule has 13 heteroatoms. The summed E-state index contributed by atoms with van der Waals surface area (Å²) in [5.41, 5.74) is -4.54. The maximum atomic E-state index is 10.7. The Morgan fingerprint density at radius 2 is 1.83 bits per heavy atom. The van der Waals surface area contributed by atoms with E-state index < -0.39 is 15.6 Å². The van der Waals surface area contributed by atoms with Crippen molar-refractivity contribution in [2.24, 2.45) is 0 Å². The predicted molar refractivity (Wildman–Crippen MR) is 68.4 cm³/mol. The lowest BCUT2D eigenvalue weighted by molar-refractivity contribution is -0.0517. The molecule has 0 bridgehead atoms. The third-order valence-electron chi connectivity index (χ3n) is 2.20. The van der Waals surface area contributed by atoms with Crippen LogP contribution in [0.5, 0.6) is 5.75 Å². The first-order valence-corrected chi connectivity index (χ1v) is 6.93. The van der Waals surface area contributed by atoms with Crippen molar-refractivity contribution in [1.82, 2.24) is 15.0 Å². The lowest BCUT2D eigenvalue weighted by Gasteiger charge is -2.08. The molecule has 1 heterocycles. The normalized spacial score (nSPS) is 11.1. The van der Waals surface area contributed by atoms with E-state index in [4.69, 9.17) is 23.1 Å². The van der Waals surface area contributed by atoms with Crippen molar-refractivity contribution in [3.8, 4) is 11.4 Å². The van der Waals surface area contributed by atoms with Gasteiger partial charge in [-0.3, -0.25) is 0 Å². The summed E-state index contributed by atoms with van der Waals surface area (Å²) in [5.74, 6) is 0.465. The molecule has 1 aromatic carbocycles. The molecule has 0 amide bonds. The van der Waals surface area contributed by atoms with Gasteiger partial charge in [0.2, 0.25) is 11.1 Å². The van der Waals surface area contributed by atoms with E-state index >= 15 is 0 Å². The van der Waals surface area contributed by atoms with Crippen LogP contribution in [-0.4, -0.2) is 40.6 Å². The van der Waals surface area contributed by atoms with Crippen LogP contribution in [0.25, 0.3) is 10.7 Å². The standard InChI is InChI=1S/C9H8N5O.CHF3O3S/c1-15-9-6-7(2-3-8(9)13-10)14-11-4-5-12-14;2-1(3,4)8(5,6)7/h2-6H,1H3;(H,5,6,7)/q+1;/p-1. The number of halogens is 3. The first kappa shape index (κ1) is 18.3. The number of methoxy groups -OCH3 is 1. The topological polar surface area (TPSA) is 125 Å². The average Bonchev–Trinajstić information content (AvgIpc) is 2.99. The van der Waals surface area contributed by atoms with Crippen molar-refractivity contribution in [3.05, 3.63) is 35.6 Å². The molecule has 9 nitrogen and oxygen atoms in total. The van der Waals surface area contributed by atoms with Crippen LogP contribution in [0.4, 0.5) is 18.9 Å². The summed E-state index contributed by atoms with van der Waals surface area (Å²) in [4.78, 5) is 4.54. The number of hydrogen-bond donors (Lipinski definition) is 0. The molecule has 0 fully saturated rings. The molecule has 124 valence electrons. The van der Waals surface area contributed by atoms with Crippen LogP contribution < -0.4 is 4.74 Å². The quantitative estimate of drug-likeness (QED) is 0.459. The summed E-state index contributed by atoms with van der Waals surface area (Å²) in [5, 5.41) is 16.6. The Balaban J connectivity index is 0.000000284. The smallest absolute Gasteiger partial charge is 0.485 e. The molecule has 0 atom stereocenters. The van der Waals surface area contributed by atoms with Crippen LogP contribution in [0.1, 0.15) is 0 Å². The predicted octanol–water partition coefficient (Wildman–Crippen LogP) is 1.81. The highest BCUT2D eigenvalue weighted by molar-refractivity contribution is 7.86. The first-order chi connectivity index (χ1) is 10.6. The second-order valence-corrected chi connectivity index (χ2v) is 5.05. The molecule has 0 radical (unpaired) electrons. The molecule has 0 spiro atoms. The summed E-state index contributed by atoms with van der Waals surface area (Å²) in [6.45, 7) is 0. The number of nitrogens with zero attached hydrogens (tertiary/aromatic N) is 5. The number of ether oxygens (including phenoxy) is 1. The van der Waals surface area contributed by atoms with Gasteiger partial charge in [-0.05, 0) is 6.07 Å². The van der Waals surface area contributed by atoms with Gasteiger partial charge in [-0.1, -0.05) is 0 Å². The molecule has 1 aromatic heterocycles. The average molecular weight is 351 g/mol. The first-order valence-electron chi connectivity index (χ1n) is 5.52. The van der Waals surface area contributed by atoms with Crippen molar-refractivity contribution in [2.75, 3.05) is 7.11 Å². The molecule has 0 saturated carbocycles. The zero-order valence-electron chi connectivity index (χ0n) is 11.3. The van der Waals surface area contributed by atoms with Gasteiger partial charge in [0, 0.05) is 12.1 Å².